The van der Waals surface area contributed by atoms with Gasteiger partial charge in [-0.1, -0.05) is 0 Å². The van der Waals surface area contributed by atoms with E-state index in [0.29, 0.717) is 0 Å². The van der Waals surface area contributed by atoms with Crippen molar-refractivity contribution >= 4 is 35.8 Å². The summed E-state index contributed by atoms with van der Waals surface area (Å²) in [5.41, 5.74) is 2.59. The molecule has 0 N–H and O–H groups in total. The first-order valence-corrected chi connectivity index (χ1v) is 25.6. The van der Waals surface area contributed by atoms with Gasteiger partial charge in [0.05, 0.1) is 0 Å². The van der Waals surface area contributed by atoms with Gasteiger partial charge in [-0.25, -0.2) is 0 Å². The monoisotopic (exact) mass is 484 g/mol. The van der Waals surface area contributed by atoms with Crippen LogP contribution in [0.25, 0.3) is 0 Å². The summed E-state index contributed by atoms with van der Waals surface area (Å²) in [6, 6.07) is 0. The Kier molecular flexibility index (Phi) is 10.8. The summed E-state index contributed by atoms with van der Waals surface area (Å²) < 4.78 is 6.00. The molecule has 0 bridgehead atoms. The Morgan fingerprint density at radius 2 is 1.19 bits per heavy atom. The van der Waals surface area contributed by atoms with Crippen LogP contribution in [0.4, 0.5) is 0 Å². The van der Waals surface area contributed by atoms with E-state index >= 15 is 0 Å². The second-order valence-corrected chi connectivity index (χ2v) is 41.8. The third-order valence-corrected chi connectivity index (χ3v) is 30.2. The van der Waals surface area contributed by atoms with Gasteiger partial charge in [-0.05, 0) is 0 Å². The minimum atomic E-state index is -2.60. The summed E-state index contributed by atoms with van der Waals surface area (Å²) in [5, 5.41) is 0. The van der Waals surface area contributed by atoms with Gasteiger partial charge in [0.15, 0.2) is 0 Å². The number of halogens is 1. The summed E-state index contributed by atoms with van der Waals surface area (Å²) in [7, 11) is -1.05. The average Bonchev–Trinajstić information content (AvgIpc) is 2.40. The van der Waals surface area contributed by atoms with Crippen molar-refractivity contribution in [3.63, 3.8) is 0 Å². The van der Waals surface area contributed by atoms with Gasteiger partial charge in [-0.15, -0.1) is 0 Å². The molecule has 0 aliphatic heterocycles. The van der Waals surface area contributed by atoms with Crippen LogP contribution in [0.2, 0.25) is 37.1 Å². The zero-order valence-electron chi connectivity index (χ0n) is 15.6. The zero-order valence-corrected chi connectivity index (χ0v) is 20.7. The van der Waals surface area contributed by atoms with E-state index in [1.807, 2.05) is 0 Å². The van der Waals surface area contributed by atoms with Crippen molar-refractivity contribution in [2.45, 2.75) is 96.4 Å². The van der Waals surface area contributed by atoms with Crippen LogP contribution in [0.5, 0.6) is 0 Å². The van der Waals surface area contributed by atoms with E-state index in [0.717, 1.165) is 0 Å². The molecule has 0 unspecified atom stereocenters. The molecular formula is C18H40BrSbSi. The predicted octanol–water partition coefficient (Wildman–Crippen LogP) is 8.11. The fourth-order valence-corrected chi connectivity index (χ4v) is 25.3. The molecule has 21 heavy (non-hydrogen) atoms. The molecule has 0 nitrogen and oxygen atoms in total. The molecule has 0 rings (SSSR count). The fraction of sp³-hybridized carbons (Fsp3) is 0.889. The number of rotatable bonds is 12. The van der Waals surface area contributed by atoms with E-state index in [4.69, 9.17) is 0 Å². The van der Waals surface area contributed by atoms with Crippen LogP contribution in [0.1, 0.15) is 59.3 Å². The third-order valence-electron chi connectivity index (χ3n) is 4.39. The molecule has 0 aromatic heterocycles. The van der Waals surface area contributed by atoms with Gasteiger partial charge in [0, 0.05) is 0 Å². The molecule has 0 amide bonds. The normalized spacial score (nSPS) is 15.3. The standard InChI is InChI=1S/C6H13Si.3C4H9.BrH.Sb/c1-5-6-7(2,3)4;3*1-3-4-2;;/h5-6H,1H2,2-4H3;3*1,3-4H2,2H3;1H;/q;;;;;+1/p-1/b6-5+;;;;;. The second-order valence-electron chi connectivity index (χ2n) is 8.00. The van der Waals surface area contributed by atoms with Crippen molar-refractivity contribution in [1.82, 2.24) is 0 Å². The van der Waals surface area contributed by atoms with Crippen molar-refractivity contribution in [1.29, 1.82) is 0 Å². The fourth-order valence-electron chi connectivity index (χ4n) is 2.94. The molecule has 0 aliphatic carbocycles. The maximum atomic E-state index is 4.53. The summed E-state index contributed by atoms with van der Waals surface area (Å²) in [4.78, 5) is 0. The van der Waals surface area contributed by atoms with Crippen molar-refractivity contribution < 1.29 is 0 Å². The van der Waals surface area contributed by atoms with E-state index in [-0.39, 0.29) is 0 Å². The van der Waals surface area contributed by atoms with Crippen LogP contribution in [0.3, 0.4) is 0 Å². The Morgan fingerprint density at radius 1 is 0.810 bits per heavy atom. The van der Waals surface area contributed by atoms with Crippen LogP contribution in [-0.2, 0) is 0 Å². The molecular weight excluding hydrogens is 446 g/mol. The predicted molar refractivity (Wildman–Crippen MR) is 111 cm³/mol. The molecule has 0 saturated heterocycles. The molecule has 0 aliphatic rings. The Morgan fingerprint density at radius 3 is 1.48 bits per heavy atom. The summed E-state index contributed by atoms with van der Waals surface area (Å²) in [5.74, 6) is 0. The Balaban J connectivity index is 5.17. The molecule has 0 saturated carbocycles. The first kappa shape index (κ1) is 22.3. The molecule has 0 atom stereocenters. The molecule has 128 valence electrons. The van der Waals surface area contributed by atoms with E-state index in [9.17, 15) is 0 Å². The minimum absolute atomic E-state index is 1.05. The molecule has 3 heteroatoms. The number of allylic oxidation sites excluding steroid dienone is 1. The van der Waals surface area contributed by atoms with E-state index in [1.54, 1.807) is 0 Å². The maximum absolute atomic E-state index is 4.53. The van der Waals surface area contributed by atoms with Gasteiger partial charge in [-0.2, -0.15) is 0 Å². The Hall–Kier alpha value is 1.26. The zero-order chi connectivity index (χ0) is 16.4. The van der Waals surface area contributed by atoms with Gasteiger partial charge in [0.1, 0.15) is 0 Å². The van der Waals surface area contributed by atoms with Crippen LogP contribution < -0.4 is 0 Å². The van der Waals surface area contributed by atoms with Gasteiger partial charge >= 0.3 is 144 Å². The van der Waals surface area contributed by atoms with Crippen molar-refractivity contribution in [2.75, 3.05) is 0 Å². The number of hydrogen-bond donors (Lipinski definition) is 0. The third kappa shape index (κ3) is 9.87. The summed E-state index contributed by atoms with van der Waals surface area (Å²) >= 11 is 1.93. The number of hydrogen-bond acceptors (Lipinski definition) is 0. The molecule has 0 radical (unpaired) electrons. The van der Waals surface area contributed by atoms with E-state index in [1.165, 1.54) is 56.0 Å². The molecule has 0 aromatic rings. The van der Waals surface area contributed by atoms with Gasteiger partial charge in [0.2, 0.25) is 0 Å². The van der Waals surface area contributed by atoms with Crippen LogP contribution >= 0.6 is 12.6 Å². The van der Waals surface area contributed by atoms with Crippen molar-refractivity contribution in [3.05, 3.63) is 11.8 Å². The average molecular weight is 486 g/mol. The molecule has 0 heterocycles. The van der Waals surface area contributed by atoms with Crippen LogP contribution in [0, 0.1) is 0 Å². The first-order chi connectivity index (χ1) is 9.69. The quantitative estimate of drug-likeness (QED) is 0.245. The topological polar surface area (TPSA) is 0 Å². The summed E-state index contributed by atoms with van der Waals surface area (Å²) in [6.07, 6.45) is 10.9. The van der Waals surface area contributed by atoms with Crippen LogP contribution in [0.15, 0.2) is 11.8 Å². The van der Waals surface area contributed by atoms with Gasteiger partial charge in [-0.3, -0.25) is 0 Å². The molecule has 0 aromatic carbocycles. The van der Waals surface area contributed by atoms with Crippen molar-refractivity contribution in [3.8, 4) is 0 Å². The van der Waals surface area contributed by atoms with Gasteiger partial charge in [0.25, 0.3) is 0 Å². The number of unbranched alkanes of at least 4 members (excludes halogenated alkanes) is 3. The summed E-state index contributed by atoms with van der Waals surface area (Å²) in [6.45, 7) is 14.4. The van der Waals surface area contributed by atoms with E-state index < -0.39 is 23.2 Å². The SMILES string of the molecule is CCC[CH2][Sb]([Br])([CH2]/C=C/[Si](C)(C)C)([CH2]CCC)[CH2]CCC. The first-order valence-electron chi connectivity index (χ1n) is 9.09. The van der Waals surface area contributed by atoms with E-state index in [2.05, 4.69) is 64.8 Å². The molecule has 0 fully saturated rings. The Labute approximate surface area is 143 Å². The molecule has 0 spiro atoms. The van der Waals surface area contributed by atoms with Gasteiger partial charge < -0.3 is 0 Å². The van der Waals surface area contributed by atoms with Crippen molar-refractivity contribution in [2.24, 2.45) is 0 Å². The Bertz CT molecular complexity index is 282. The van der Waals surface area contributed by atoms with Crippen LogP contribution in [-0.4, -0.2) is 23.2 Å². The second kappa shape index (κ2) is 10.2.